The predicted molar refractivity (Wildman–Crippen MR) is 98.6 cm³/mol. The van der Waals surface area contributed by atoms with Gasteiger partial charge in [0.2, 0.25) is 5.91 Å². The smallest absolute Gasteiger partial charge is 0.259 e. The lowest BCUT2D eigenvalue weighted by Crippen LogP contribution is -2.35. The molecule has 1 saturated heterocycles. The summed E-state index contributed by atoms with van der Waals surface area (Å²) in [6.45, 7) is 0.740. The lowest BCUT2D eigenvalue weighted by molar-refractivity contribution is -0.119. The molecule has 1 N–H and O–H groups in total. The molecule has 1 fully saturated rings. The van der Waals surface area contributed by atoms with Crippen LogP contribution < -0.4 is 15.0 Å². The maximum atomic E-state index is 12.5. The van der Waals surface area contributed by atoms with Gasteiger partial charge in [0.15, 0.2) is 0 Å². The summed E-state index contributed by atoms with van der Waals surface area (Å²) in [5.74, 6) is 0.297. The molecule has 0 aliphatic carbocycles. The summed E-state index contributed by atoms with van der Waals surface area (Å²) < 4.78 is 5.21. The first-order valence-corrected chi connectivity index (χ1v) is 8.51. The Morgan fingerprint density at radius 2 is 1.92 bits per heavy atom. The van der Waals surface area contributed by atoms with Crippen LogP contribution in [0.25, 0.3) is 0 Å². The van der Waals surface area contributed by atoms with E-state index in [0.717, 1.165) is 25.1 Å². The van der Waals surface area contributed by atoms with Gasteiger partial charge < -0.3 is 15.0 Å². The van der Waals surface area contributed by atoms with Gasteiger partial charge in [0, 0.05) is 29.4 Å². The summed E-state index contributed by atoms with van der Waals surface area (Å²) in [6, 6.07) is 12.1. The molecule has 0 atom stereocenters. The molecule has 3 rings (SSSR count). The monoisotopic (exact) mass is 358 g/mol. The minimum atomic E-state index is -0.304. The number of amides is 2. The third kappa shape index (κ3) is 3.94. The van der Waals surface area contributed by atoms with Crippen molar-refractivity contribution < 1.29 is 14.3 Å². The van der Waals surface area contributed by atoms with Gasteiger partial charge in [0.05, 0.1) is 12.7 Å². The van der Waals surface area contributed by atoms with Crippen LogP contribution in [0, 0.1) is 0 Å². The van der Waals surface area contributed by atoms with Crippen LogP contribution in [-0.4, -0.2) is 25.5 Å². The summed E-state index contributed by atoms with van der Waals surface area (Å²) in [7, 11) is 1.50. The quantitative estimate of drug-likeness (QED) is 0.894. The van der Waals surface area contributed by atoms with Crippen LogP contribution >= 0.6 is 11.6 Å². The van der Waals surface area contributed by atoms with E-state index in [1.807, 2.05) is 12.1 Å². The topological polar surface area (TPSA) is 58.6 Å². The number of anilines is 2. The fourth-order valence-electron chi connectivity index (χ4n) is 2.86. The highest BCUT2D eigenvalue weighted by Gasteiger charge is 2.19. The molecular weight excluding hydrogens is 340 g/mol. The molecule has 0 unspecified atom stereocenters. The summed E-state index contributed by atoms with van der Waals surface area (Å²) in [4.78, 5) is 26.2. The van der Waals surface area contributed by atoms with Gasteiger partial charge >= 0.3 is 0 Å². The molecule has 0 bridgehead atoms. The molecule has 130 valence electrons. The molecule has 1 heterocycles. The van der Waals surface area contributed by atoms with Crippen molar-refractivity contribution in [2.75, 3.05) is 23.9 Å². The average Bonchev–Trinajstić information content (AvgIpc) is 2.63. The van der Waals surface area contributed by atoms with Crippen molar-refractivity contribution in [2.24, 2.45) is 0 Å². The molecule has 2 amide bonds. The number of rotatable bonds is 4. The van der Waals surface area contributed by atoms with Crippen molar-refractivity contribution in [1.29, 1.82) is 0 Å². The zero-order valence-corrected chi connectivity index (χ0v) is 14.7. The summed E-state index contributed by atoms with van der Waals surface area (Å²) in [5.41, 5.74) is 1.86. The van der Waals surface area contributed by atoms with Gasteiger partial charge in [0.25, 0.3) is 5.91 Å². The second-order valence-corrected chi connectivity index (χ2v) is 6.28. The normalized spacial score (nSPS) is 14.3. The fraction of sp³-hybridized carbons (Fsp3) is 0.263. The van der Waals surface area contributed by atoms with Crippen LogP contribution in [0.5, 0.6) is 5.75 Å². The Balaban J connectivity index is 1.74. The van der Waals surface area contributed by atoms with Crippen molar-refractivity contribution in [2.45, 2.75) is 19.3 Å². The standard InChI is InChI=1S/C19H19ClN2O3/c1-25-17-10-5-13(20)12-16(17)19(24)21-14-6-8-15(9-7-14)22-11-3-2-4-18(22)23/h5-10,12H,2-4,11H2,1H3,(H,21,24). The zero-order valence-electron chi connectivity index (χ0n) is 13.9. The molecule has 1 aliphatic rings. The molecule has 0 saturated carbocycles. The lowest BCUT2D eigenvalue weighted by Gasteiger charge is -2.26. The van der Waals surface area contributed by atoms with E-state index in [1.165, 1.54) is 7.11 Å². The van der Waals surface area contributed by atoms with Crippen molar-refractivity contribution in [3.8, 4) is 5.75 Å². The molecule has 0 spiro atoms. The lowest BCUT2D eigenvalue weighted by atomic mass is 10.1. The maximum absolute atomic E-state index is 12.5. The second-order valence-electron chi connectivity index (χ2n) is 5.85. The first-order valence-electron chi connectivity index (χ1n) is 8.14. The number of carbonyl (C=O) groups excluding carboxylic acids is 2. The number of benzene rings is 2. The number of nitrogens with zero attached hydrogens (tertiary/aromatic N) is 1. The van der Waals surface area contributed by atoms with Crippen LogP contribution in [0.15, 0.2) is 42.5 Å². The fourth-order valence-corrected chi connectivity index (χ4v) is 3.03. The molecule has 25 heavy (non-hydrogen) atoms. The van der Waals surface area contributed by atoms with Crippen LogP contribution in [0.2, 0.25) is 5.02 Å². The molecular formula is C19H19ClN2O3. The summed E-state index contributed by atoms with van der Waals surface area (Å²) in [5, 5.41) is 3.28. The Labute approximate surface area is 151 Å². The molecule has 5 nitrogen and oxygen atoms in total. The van der Waals surface area contributed by atoms with E-state index in [2.05, 4.69) is 5.32 Å². The molecule has 0 radical (unpaired) electrons. The van der Waals surface area contributed by atoms with Crippen molar-refractivity contribution in [1.82, 2.24) is 0 Å². The maximum Gasteiger partial charge on any atom is 0.259 e. The second kappa shape index (κ2) is 7.57. The van der Waals surface area contributed by atoms with Crippen molar-refractivity contribution in [3.63, 3.8) is 0 Å². The number of halogens is 1. The number of hydrogen-bond donors (Lipinski definition) is 1. The summed E-state index contributed by atoms with van der Waals surface area (Å²) >= 11 is 5.97. The van der Waals surface area contributed by atoms with Gasteiger partial charge in [-0.3, -0.25) is 9.59 Å². The van der Waals surface area contributed by atoms with Gasteiger partial charge in [-0.25, -0.2) is 0 Å². The Bertz CT molecular complexity index is 790. The van der Waals surface area contributed by atoms with Gasteiger partial charge in [-0.05, 0) is 55.3 Å². The Kier molecular flexibility index (Phi) is 5.24. The van der Waals surface area contributed by atoms with E-state index in [1.54, 1.807) is 35.2 Å². The molecule has 2 aromatic carbocycles. The van der Waals surface area contributed by atoms with Gasteiger partial charge in [-0.1, -0.05) is 11.6 Å². The highest BCUT2D eigenvalue weighted by atomic mass is 35.5. The van der Waals surface area contributed by atoms with E-state index < -0.39 is 0 Å². The number of hydrogen-bond acceptors (Lipinski definition) is 3. The number of ether oxygens (including phenoxy) is 1. The number of carbonyl (C=O) groups is 2. The number of nitrogens with one attached hydrogen (secondary N) is 1. The third-order valence-corrected chi connectivity index (χ3v) is 4.40. The Morgan fingerprint density at radius 1 is 1.16 bits per heavy atom. The largest absolute Gasteiger partial charge is 0.496 e. The Morgan fingerprint density at radius 3 is 2.60 bits per heavy atom. The summed E-state index contributed by atoms with van der Waals surface area (Å²) in [6.07, 6.45) is 2.55. The van der Waals surface area contributed by atoms with E-state index >= 15 is 0 Å². The average molecular weight is 359 g/mol. The Hall–Kier alpha value is -2.53. The van der Waals surface area contributed by atoms with Crippen LogP contribution in [0.4, 0.5) is 11.4 Å². The minimum Gasteiger partial charge on any atom is -0.496 e. The third-order valence-electron chi connectivity index (χ3n) is 4.17. The van der Waals surface area contributed by atoms with Gasteiger partial charge in [-0.2, -0.15) is 0 Å². The number of methoxy groups -OCH3 is 1. The minimum absolute atomic E-state index is 0.145. The van der Waals surface area contributed by atoms with Crippen molar-refractivity contribution in [3.05, 3.63) is 53.1 Å². The van der Waals surface area contributed by atoms with E-state index in [0.29, 0.717) is 28.4 Å². The van der Waals surface area contributed by atoms with E-state index in [-0.39, 0.29) is 11.8 Å². The zero-order chi connectivity index (χ0) is 17.8. The van der Waals surface area contributed by atoms with E-state index in [9.17, 15) is 9.59 Å². The highest BCUT2D eigenvalue weighted by Crippen LogP contribution is 2.25. The van der Waals surface area contributed by atoms with Crippen LogP contribution in [-0.2, 0) is 4.79 Å². The van der Waals surface area contributed by atoms with Gasteiger partial charge in [-0.15, -0.1) is 0 Å². The number of piperidine rings is 1. The first kappa shape index (κ1) is 17.3. The molecule has 0 aromatic heterocycles. The van der Waals surface area contributed by atoms with Gasteiger partial charge in [0.1, 0.15) is 5.75 Å². The molecule has 2 aromatic rings. The van der Waals surface area contributed by atoms with E-state index in [4.69, 9.17) is 16.3 Å². The predicted octanol–water partition coefficient (Wildman–Crippen LogP) is 4.12. The van der Waals surface area contributed by atoms with Crippen molar-refractivity contribution >= 4 is 34.8 Å². The van der Waals surface area contributed by atoms with Crippen LogP contribution in [0.3, 0.4) is 0 Å². The molecule has 6 heteroatoms. The highest BCUT2D eigenvalue weighted by molar-refractivity contribution is 6.31. The SMILES string of the molecule is COc1ccc(Cl)cc1C(=O)Nc1ccc(N2CCCCC2=O)cc1. The first-order chi connectivity index (χ1) is 12.1. The molecule has 1 aliphatic heterocycles. The van der Waals surface area contributed by atoms with Crippen LogP contribution in [0.1, 0.15) is 29.6 Å².